The maximum atomic E-state index is 11.5. The van der Waals surface area contributed by atoms with Crippen molar-refractivity contribution in [1.82, 2.24) is 0 Å². The molecule has 0 saturated heterocycles. The molecule has 0 aromatic heterocycles. The van der Waals surface area contributed by atoms with Gasteiger partial charge in [0.05, 0.1) is 0 Å². The molecule has 0 spiro atoms. The molecule has 4 heteroatoms. The summed E-state index contributed by atoms with van der Waals surface area (Å²) in [7, 11) is 0. The van der Waals surface area contributed by atoms with Crippen molar-refractivity contribution < 1.29 is 14.6 Å². The first-order valence-electron chi connectivity index (χ1n) is 5.39. The van der Waals surface area contributed by atoms with Crippen molar-refractivity contribution in [2.75, 3.05) is 0 Å². The van der Waals surface area contributed by atoms with Crippen LogP contribution >= 0.6 is 0 Å². The van der Waals surface area contributed by atoms with E-state index in [0.29, 0.717) is 5.92 Å². The highest BCUT2D eigenvalue weighted by Gasteiger charge is 2.43. The van der Waals surface area contributed by atoms with Crippen molar-refractivity contribution in [2.24, 2.45) is 17.6 Å². The topological polar surface area (TPSA) is 72.5 Å². The summed E-state index contributed by atoms with van der Waals surface area (Å²) >= 11 is 0. The summed E-state index contributed by atoms with van der Waals surface area (Å²) in [5.74, 6) is 0.152. The molecule has 1 aliphatic rings. The fraction of sp³-hybridized carbons (Fsp3) is 0.909. The molecule has 0 aromatic carbocycles. The molecular formula is C11H21NO3. The number of ether oxygens (including phenoxy) is 1. The number of hydrogen-bond acceptors (Lipinski definition) is 4. The number of aliphatic hydroxyl groups excluding tert-OH is 1. The lowest BCUT2D eigenvalue weighted by molar-refractivity contribution is -0.166. The van der Waals surface area contributed by atoms with Crippen molar-refractivity contribution >= 4 is 5.97 Å². The van der Waals surface area contributed by atoms with Crippen LogP contribution in [0.15, 0.2) is 0 Å². The van der Waals surface area contributed by atoms with Crippen LogP contribution in [-0.4, -0.2) is 28.8 Å². The third kappa shape index (κ3) is 3.47. The summed E-state index contributed by atoms with van der Waals surface area (Å²) in [5.41, 5.74) is 5.21. The average molecular weight is 215 g/mol. The van der Waals surface area contributed by atoms with Gasteiger partial charge in [0, 0.05) is 6.04 Å². The molecule has 0 radical (unpaired) electrons. The standard InChI is InChI=1S/C11H21NO3/c1-6-5-7(6)8(12)9(13)10(14)15-11(2,3)4/h6-9,13H,5,12H2,1-4H3/t6-,7+,8+,9-/m1/s1. The van der Waals surface area contributed by atoms with Crippen LogP contribution in [0.25, 0.3) is 0 Å². The van der Waals surface area contributed by atoms with Gasteiger partial charge >= 0.3 is 5.97 Å². The molecule has 0 heterocycles. The summed E-state index contributed by atoms with van der Waals surface area (Å²) in [6, 6.07) is -0.491. The predicted molar refractivity (Wildman–Crippen MR) is 57.1 cm³/mol. The van der Waals surface area contributed by atoms with Crippen LogP contribution in [0.3, 0.4) is 0 Å². The van der Waals surface area contributed by atoms with Gasteiger partial charge in [0.2, 0.25) is 0 Å². The number of hydrogen-bond donors (Lipinski definition) is 2. The van der Waals surface area contributed by atoms with Gasteiger partial charge in [-0.2, -0.15) is 0 Å². The second-order valence-corrected chi connectivity index (χ2v) is 5.43. The van der Waals surface area contributed by atoms with Gasteiger partial charge in [0.15, 0.2) is 6.10 Å². The predicted octanol–water partition coefficient (Wildman–Crippen LogP) is 0.672. The summed E-state index contributed by atoms with van der Waals surface area (Å²) in [5, 5.41) is 9.68. The van der Waals surface area contributed by atoms with E-state index in [1.165, 1.54) is 0 Å². The van der Waals surface area contributed by atoms with Gasteiger partial charge in [-0.15, -0.1) is 0 Å². The quantitative estimate of drug-likeness (QED) is 0.679. The summed E-state index contributed by atoms with van der Waals surface area (Å²) in [6.45, 7) is 7.36. The fourth-order valence-electron chi connectivity index (χ4n) is 1.64. The summed E-state index contributed by atoms with van der Waals surface area (Å²) in [6.07, 6.45) is -0.208. The molecule has 1 fully saturated rings. The molecule has 1 rings (SSSR count). The van der Waals surface area contributed by atoms with Gasteiger partial charge in [-0.05, 0) is 39.0 Å². The van der Waals surface area contributed by atoms with Crippen molar-refractivity contribution in [3.05, 3.63) is 0 Å². The number of esters is 1. The second-order valence-electron chi connectivity index (χ2n) is 5.43. The highest BCUT2D eigenvalue weighted by atomic mass is 16.6. The maximum Gasteiger partial charge on any atom is 0.337 e. The highest BCUT2D eigenvalue weighted by molar-refractivity contribution is 5.75. The van der Waals surface area contributed by atoms with E-state index >= 15 is 0 Å². The van der Waals surface area contributed by atoms with Crippen molar-refractivity contribution in [2.45, 2.75) is 51.9 Å². The summed E-state index contributed by atoms with van der Waals surface area (Å²) < 4.78 is 5.06. The minimum absolute atomic E-state index is 0.257. The third-order valence-corrected chi connectivity index (χ3v) is 2.68. The fourth-order valence-corrected chi connectivity index (χ4v) is 1.64. The number of rotatable bonds is 3. The normalized spacial score (nSPS) is 29.5. The lowest BCUT2D eigenvalue weighted by Crippen LogP contribution is -2.45. The zero-order valence-electron chi connectivity index (χ0n) is 9.86. The second kappa shape index (κ2) is 4.10. The monoisotopic (exact) mass is 215 g/mol. The number of aliphatic hydroxyl groups is 1. The molecule has 1 aliphatic carbocycles. The molecule has 0 bridgehead atoms. The Morgan fingerprint density at radius 1 is 1.53 bits per heavy atom. The van der Waals surface area contributed by atoms with E-state index in [1.807, 2.05) is 0 Å². The third-order valence-electron chi connectivity index (χ3n) is 2.68. The van der Waals surface area contributed by atoms with Gasteiger partial charge < -0.3 is 15.6 Å². The van der Waals surface area contributed by atoms with E-state index < -0.39 is 23.7 Å². The zero-order valence-corrected chi connectivity index (χ0v) is 9.86. The van der Waals surface area contributed by atoms with Crippen molar-refractivity contribution in [3.8, 4) is 0 Å². The van der Waals surface area contributed by atoms with E-state index in [0.717, 1.165) is 6.42 Å². The van der Waals surface area contributed by atoms with Gasteiger partial charge in [0.1, 0.15) is 5.60 Å². The average Bonchev–Trinajstić information content (AvgIpc) is 2.77. The van der Waals surface area contributed by atoms with Crippen LogP contribution in [0.1, 0.15) is 34.1 Å². The van der Waals surface area contributed by atoms with E-state index in [1.54, 1.807) is 20.8 Å². The Hall–Kier alpha value is -0.610. The van der Waals surface area contributed by atoms with Crippen LogP contribution < -0.4 is 5.73 Å². The van der Waals surface area contributed by atoms with Crippen LogP contribution in [0.2, 0.25) is 0 Å². The molecule has 3 N–H and O–H groups in total. The molecule has 15 heavy (non-hydrogen) atoms. The van der Waals surface area contributed by atoms with Gasteiger partial charge in [-0.1, -0.05) is 6.92 Å². The highest BCUT2D eigenvalue weighted by Crippen LogP contribution is 2.40. The van der Waals surface area contributed by atoms with Crippen LogP contribution in [-0.2, 0) is 9.53 Å². The Morgan fingerprint density at radius 2 is 2.00 bits per heavy atom. The van der Waals surface area contributed by atoms with Gasteiger partial charge in [0.25, 0.3) is 0 Å². The van der Waals surface area contributed by atoms with Crippen molar-refractivity contribution in [3.63, 3.8) is 0 Å². The van der Waals surface area contributed by atoms with Crippen molar-refractivity contribution in [1.29, 1.82) is 0 Å². The first-order valence-corrected chi connectivity index (χ1v) is 5.39. The Labute approximate surface area is 90.8 Å². The number of carbonyl (C=O) groups is 1. The molecular weight excluding hydrogens is 194 g/mol. The van der Waals surface area contributed by atoms with E-state index in [2.05, 4.69) is 6.92 Å². The lowest BCUT2D eigenvalue weighted by Gasteiger charge is -2.24. The molecule has 0 amide bonds. The molecule has 0 aromatic rings. The Balaban J connectivity index is 2.45. The minimum Gasteiger partial charge on any atom is -0.458 e. The van der Waals surface area contributed by atoms with Crippen LogP contribution in [0.4, 0.5) is 0 Å². The van der Waals surface area contributed by atoms with E-state index in [-0.39, 0.29) is 5.92 Å². The molecule has 4 nitrogen and oxygen atoms in total. The lowest BCUT2D eigenvalue weighted by atomic mass is 10.1. The molecule has 0 unspecified atom stereocenters. The van der Waals surface area contributed by atoms with E-state index in [4.69, 9.17) is 10.5 Å². The number of nitrogens with two attached hydrogens (primary N) is 1. The zero-order chi connectivity index (χ0) is 11.8. The molecule has 4 atom stereocenters. The molecule has 1 saturated carbocycles. The molecule has 88 valence electrons. The van der Waals surface area contributed by atoms with Crippen LogP contribution in [0.5, 0.6) is 0 Å². The Kier molecular flexibility index (Phi) is 3.41. The Bertz CT molecular complexity index is 247. The maximum absolute atomic E-state index is 11.5. The minimum atomic E-state index is -1.20. The SMILES string of the molecule is C[C@@H]1C[C@@H]1[C@H](N)[C@@H](O)C(=O)OC(C)(C)C. The summed E-state index contributed by atoms with van der Waals surface area (Å²) in [4.78, 5) is 11.5. The van der Waals surface area contributed by atoms with Gasteiger partial charge in [-0.3, -0.25) is 0 Å². The largest absolute Gasteiger partial charge is 0.458 e. The van der Waals surface area contributed by atoms with Gasteiger partial charge in [-0.25, -0.2) is 4.79 Å². The van der Waals surface area contributed by atoms with Crippen LogP contribution in [0, 0.1) is 11.8 Å². The number of carbonyl (C=O) groups excluding carboxylic acids is 1. The van der Waals surface area contributed by atoms with E-state index in [9.17, 15) is 9.90 Å². The Morgan fingerprint density at radius 3 is 2.33 bits per heavy atom. The first-order chi connectivity index (χ1) is 6.72. The first kappa shape index (κ1) is 12.5. The molecule has 0 aliphatic heterocycles. The smallest absolute Gasteiger partial charge is 0.337 e.